The molecular formula is C18H19NOS. The fraction of sp³-hybridized carbons (Fsp3) is 0.222. The lowest BCUT2D eigenvalue weighted by Crippen LogP contribution is -2.18. The number of benzene rings is 2. The Kier molecular flexibility index (Phi) is 4.53. The highest BCUT2D eigenvalue weighted by atomic mass is 32.1. The smallest absolute Gasteiger partial charge is 0.127 e. The Labute approximate surface area is 129 Å². The molecule has 1 N–H and O–H groups in total. The molecule has 0 radical (unpaired) electrons. The van der Waals surface area contributed by atoms with E-state index < -0.39 is 0 Å². The maximum atomic E-state index is 6.01. The molecule has 0 bridgehead atoms. The standard InChI is InChI=1S/C18H19NOS/c1-19-17(15-10-12-21-13-15)9-11-20-18-8-4-6-14-5-2-3-7-16(14)18/h2-8,10,12-13,17,19H,9,11H2,1H3/t17-/m0/s1. The van der Waals surface area contributed by atoms with Crippen LogP contribution in [0.25, 0.3) is 10.8 Å². The summed E-state index contributed by atoms with van der Waals surface area (Å²) in [7, 11) is 2.00. The molecule has 0 fully saturated rings. The molecule has 3 aromatic rings. The maximum absolute atomic E-state index is 6.01. The average molecular weight is 297 g/mol. The Bertz CT molecular complexity index is 688. The highest BCUT2D eigenvalue weighted by Gasteiger charge is 2.10. The zero-order valence-corrected chi connectivity index (χ0v) is 12.9. The summed E-state index contributed by atoms with van der Waals surface area (Å²) in [6.07, 6.45) is 0.955. The van der Waals surface area contributed by atoms with Crippen molar-refractivity contribution in [3.05, 3.63) is 64.9 Å². The minimum Gasteiger partial charge on any atom is -0.493 e. The molecule has 0 aliphatic carbocycles. The van der Waals surface area contributed by atoms with Crippen molar-refractivity contribution in [3.8, 4) is 5.75 Å². The van der Waals surface area contributed by atoms with E-state index in [9.17, 15) is 0 Å². The van der Waals surface area contributed by atoms with Gasteiger partial charge < -0.3 is 10.1 Å². The van der Waals surface area contributed by atoms with Gasteiger partial charge in [-0.15, -0.1) is 0 Å². The van der Waals surface area contributed by atoms with E-state index in [1.54, 1.807) is 11.3 Å². The second-order valence-electron chi connectivity index (χ2n) is 5.01. The molecular weight excluding hydrogens is 278 g/mol. The topological polar surface area (TPSA) is 21.3 Å². The van der Waals surface area contributed by atoms with Gasteiger partial charge in [0.2, 0.25) is 0 Å². The third-order valence-electron chi connectivity index (χ3n) is 3.71. The third-order valence-corrected chi connectivity index (χ3v) is 4.41. The molecule has 3 heteroatoms. The number of hydrogen-bond acceptors (Lipinski definition) is 3. The van der Waals surface area contributed by atoms with Crippen LogP contribution in [0.4, 0.5) is 0 Å². The first-order valence-electron chi connectivity index (χ1n) is 7.18. The monoisotopic (exact) mass is 297 g/mol. The minimum atomic E-state index is 0.353. The normalized spacial score (nSPS) is 12.4. The molecule has 2 nitrogen and oxygen atoms in total. The average Bonchev–Trinajstić information content (AvgIpc) is 3.06. The number of rotatable bonds is 6. The maximum Gasteiger partial charge on any atom is 0.127 e. The Morgan fingerprint density at radius 1 is 1.10 bits per heavy atom. The summed E-state index contributed by atoms with van der Waals surface area (Å²) in [4.78, 5) is 0. The van der Waals surface area contributed by atoms with Crippen molar-refractivity contribution in [3.63, 3.8) is 0 Å². The van der Waals surface area contributed by atoms with E-state index in [2.05, 4.69) is 52.5 Å². The summed E-state index contributed by atoms with van der Waals surface area (Å²) in [5.41, 5.74) is 1.34. The molecule has 0 saturated carbocycles. The summed E-state index contributed by atoms with van der Waals surface area (Å²) in [6, 6.07) is 17.1. The molecule has 1 atom stereocenters. The van der Waals surface area contributed by atoms with Crippen molar-refractivity contribution in [2.45, 2.75) is 12.5 Å². The van der Waals surface area contributed by atoms with Crippen LogP contribution in [0.2, 0.25) is 0 Å². The van der Waals surface area contributed by atoms with Crippen LogP contribution in [0.1, 0.15) is 18.0 Å². The van der Waals surface area contributed by atoms with Crippen molar-refractivity contribution in [1.29, 1.82) is 0 Å². The second kappa shape index (κ2) is 6.74. The van der Waals surface area contributed by atoms with Crippen LogP contribution in [-0.2, 0) is 0 Å². The quantitative estimate of drug-likeness (QED) is 0.716. The molecule has 0 aliphatic rings. The van der Waals surface area contributed by atoms with Crippen molar-refractivity contribution < 1.29 is 4.74 Å². The van der Waals surface area contributed by atoms with Crippen LogP contribution >= 0.6 is 11.3 Å². The first-order valence-corrected chi connectivity index (χ1v) is 8.12. The Balaban J connectivity index is 1.67. The van der Waals surface area contributed by atoms with Crippen LogP contribution < -0.4 is 10.1 Å². The van der Waals surface area contributed by atoms with Crippen LogP contribution in [-0.4, -0.2) is 13.7 Å². The first-order chi connectivity index (χ1) is 10.4. The largest absolute Gasteiger partial charge is 0.493 e. The van der Waals surface area contributed by atoms with Gasteiger partial charge in [0, 0.05) is 17.8 Å². The minimum absolute atomic E-state index is 0.353. The van der Waals surface area contributed by atoms with Crippen molar-refractivity contribution >= 4 is 22.1 Å². The van der Waals surface area contributed by atoms with Crippen molar-refractivity contribution in [1.82, 2.24) is 5.32 Å². The third kappa shape index (κ3) is 3.26. The van der Waals surface area contributed by atoms with Crippen LogP contribution in [0.3, 0.4) is 0 Å². The molecule has 2 aromatic carbocycles. The predicted molar refractivity (Wildman–Crippen MR) is 90.2 cm³/mol. The summed E-state index contributed by atoms with van der Waals surface area (Å²) in [6.45, 7) is 0.704. The molecule has 0 unspecified atom stereocenters. The van der Waals surface area contributed by atoms with E-state index in [-0.39, 0.29) is 0 Å². The molecule has 3 rings (SSSR count). The van der Waals surface area contributed by atoms with E-state index in [1.807, 2.05) is 19.2 Å². The molecule has 0 amide bonds. The fourth-order valence-corrected chi connectivity index (χ4v) is 3.27. The number of fused-ring (bicyclic) bond motifs is 1. The highest BCUT2D eigenvalue weighted by molar-refractivity contribution is 7.07. The lowest BCUT2D eigenvalue weighted by atomic mass is 10.1. The summed E-state index contributed by atoms with van der Waals surface area (Å²) in [5.74, 6) is 0.966. The number of nitrogens with one attached hydrogen (secondary N) is 1. The Morgan fingerprint density at radius 3 is 2.76 bits per heavy atom. The van der Waals surface area contributed by atoms with E-state index in [0.717, 1.165) is 12.2 Å². The van der Waals surface area contributed by atoms with E-state index in [1.165, 1.54) is 16.3 Å². The van der Waals surface area contributed by atoms with Gasteiger partial charge in [-0.3, -0.25) is 0 Å². The van der Waals surface area contributed by atoms with E-state index in [4.69, 9.17) is 4.74 Å². The molecule has 108 valence electrons. The van der Waals surface area contributed by atoms with Crippen LogP contribution in [0, 0.1) is 0 Å². The molecule has 1 aromatic heterocycles. The van der Waals surface area contributed by atoms with Crippen molar-refractivity contribution in [2.24, 2.45) is 0 Å². The summed E-state index contributed by atoms with van der Waals surface area (Å²) < 4.78 is 6.01. The second-order valence-corrected chi connectivity index (χ2v) is 5.79. The van der Waals surface area contributed by atoms with Crippen LogP contribution in [0.15, 0.2) is 59.3 Å². The van der Waals surface area contributed by atoms with E-state index in [0.29, 0.717) is 12.6 Å². The highest BCUT2D eigenvalue weighted by Crippen LogP contribution is 2.26. The van der Waals surface area contributed by atoms with Gasteiger partial charge in [-0.1, -0.05) is 36.4 Å². The summed E-state index contributed by atoms with van der Waals surface area (Å²) in [5, 5.41) is 10.1. The zero-order valence-electron chi connectivity index (χ0n) is 12.1. The number of hydrogen-bond donors (Lipinski definition) is 1. The Morgan fingerprint density at radius 2 is 1.95 bits per heavy atom. The van der Waals surface area contributed by atoms with Gasteiger partial charge in [-0.2, -0.15) is 11.3 Å². The molecule has 0 spiro atoms. The number of ether oxygens (including phenoxy) is 1. The lowest BCUT2D eigenvalue weighted by Gasteiger charge is -2.16. The SMILES string of the molecule is CN[C@@H](CCOc1cccc2ccccc12)c1ccsc1. The van der Waals surface area contributed by atoms with Gasteiger partial charge in [0.1, 0.15) is 5.75 Å². The van der Waals surface area contributed by atoms with Gasteiger partial charge in [0.15, 0.2) is 0 Å². The van der Waals surface area contributed by atoms with Gasteiger partial charge in [-0.05, 0) is 40.9 Å². The van der Waals surface area contributed by atoms with Gasteiger partial charge in [-0.25, -0.2) is 0 Å². The van der Waals surface area contributed by atoms with Gasteiger partial charge in [0.05, 0.1) is 6.61 Å². The first kappa shape index (κ1) is 14.1. The van der Waals surface area contributed by atoms with E-state index >= 15 is 0 Å². The van der Waals surface area contributed by atoms with Crippen molar-refractivity contribution in [2.75, 3.05) is 13.7 Å². The zero-order chi connectivity index (χ0) is 14.5. The molecule has 1 heterocycles. The van der Waals surface area contributed by atoms with Gasteiger partial charge in [0.25, 0.3) is 0 Å². The Hall–Kier alpha value is -1.84. The number of thiophene rings is 1. The van der Waals surface area contributed by atoms with Gasteiger partial charge >= 0.3 is 0 Å². The van der Waals surface area contributed by atoms with Crippen LogP contribution in [0.5, 0.6) is 5.75 Å². The molecule has 0 aliphatic heterocycles. The lowest BCUT2D eigenvalue weighted by molar-refractivity contribution is 0.293. The molecule has 0 saturated heterocycles. The summed E-state index contributed by atoms with van der Waals surface area (Å²) >= 11 is 1.73. The molecule has 21 heavy (non-hydrogen) atoms. The predicted octanol–water partition coefficient (Wildman–Crippen LogP) is 4.63. The fourth-order valence-electron chi connectivity index (χ4n) is 2.56.